The minimum Gasteiger partial charge on any atom is -0.446 e. The van der Waals surface area contributed by atoms with E-state index in [0.717, 1.165) is 15.5 Å². The number of thioether (sulfide) groups is 2. The average Bonchev–Trinajstić information content (AvgIpc) is 3.68. The average molecular weight is 562 g/mol. The summed E-state index contributed by atoms with van der Waals surface area (Å²) in [5.74, 6) is 0.407. The zero-order chi connectivity index (χ0) is 26.2. The normalized spacial score (nSPS) is 25.4. The lowest BCUT2D eigenvalue weighted by atomic mass is 9.96. The number of thiocarbonyl (C=S) groups is 1. The van der Waals surface area contributed by atoms with E-state index in [1.807, 2.05) is 4.90 Å². The molecule has 0 N–H and O–H groups in total. The largest absolute Gasteiger partial charge is 0.446 e. The lowest BCUT2D eigenvalue weighted by Crippen LogP contribution is -2.29. The number of benzene rings is 2. The number of carbonyl (C=O) groups excluding carboxylic acids is 2. The molecule has 38 heavy (non-hydrogen) atoms. The summed E-state index contributed by atoms with van der Waals surface area (Å²) in [4.78, 5) is 31.7. The first-order valence-electron chi connectivity index (χ1n) is 12.6. The van der Waals surface area contributed by atoms with Crippen LogP contribution in [0.15, 0.2) is 76.0 Å². The van der Waals surface area contributed by atoms with Gasteiger partial charge in [0.25, 0.3) is 12.4 Å². The fourth-order valence-corrected chi connectivity index (χ4v) is 8.46. The third-order valence-corrected chi connectivity index (χ3v) is 10.1. The highest BCUT2D eigenvalue weighted by atomic mass is 32.2. The van der Waals surface area contributed by atoms with Gasteiger partial charge in [0.2, 0.25) is 0 Å². The van der Waals surface area contributed by atoms with Crippen molar-refractivity contribution in [3.05, 3.63) is 87.2 Å². The van der Waals surface area contributed by atoms with E-state index in [1.165, 1.54) is 48.0 Å². The lowest BCUT2D eigenvalue weighted by Gasteiger charge is -2.27. The maximum atomic E-state index is 13.1. The van der Waals surface area contributed by atoms with Crippen LogP contribution in [0, 0.1) is 0 Å². The summed E-state index contributed by atoms with van der Waals surface area (Å²) < 4.78 is 5.60. The van der Waals surface area contributed by atoms with Gasteiger partial charge in [-0.15, -0.1) is 6.58 Å². The molecule has 9 heteroatoms. The van der Waals surface area contributed by atoms with E-state index < -0.39 is 0 Å². The first kappa shape index (κ1) is 25.3. The van der Waals surface area contributed by atoms with Gasteiger partial charge in [0.15, 0.2) is 6.73 Å². The van der Waals surface area contributed by atoms with Crippen molar-refractivity contribution in [2.24, 2.45) is 0 Å². The molecule has 2 unspecified atom stereocenters. The summed E-state index contributed by atoms with van der Waals surface area (Å²) >= 11 is 8.27. The highest BCUT2D eigenvalue weighted by molar-refractivity contribution is 8.27. The van der Waals surface area contributed by atoms with E-state index in [0.29, 0.717) is 40.7 Å². The second-order valence-electron chi connectivity index (χ2n) is 9.64. The van der Waals surface area contributed by atoms with Crippen molar-refractivity contribution in [2.75, 3.05) is 24.7 Å². The van der Waals surface area contributed by atoms with Crippen molar-refractivity contribution in [1.82, 2.24) is 9.80 Å². The van der Waals surface area contributed by atoms with Crippen molar-refractivity contribution in [2.45, 2.75) is 31.2 Å². The number of para-hydroxylation sites is 1. The third-order valence-electron chi connectivity index (χ3n) is 7.40. The molecule has 0 bridgehead atoms. The Hall–Kier alpha value is -3.01. The Morgan fingerprint density at radius 3 is 2.76 bits per heavy atom. The molecule has 1 amide bonds. The monoisotopic (exact) mass is 561 g/mol. The molecule has 3 aliphatic heterocycles. The molecule has 1 aliphatic carbocycles. The summed E-state index contributed by atoms with van der Waals surface area (Å²) in [6.07, 6.45) is 7.52. The predicted molar refractivity (Wildman–Crippen MR) is 159 cm³/mol. The summed E-state index contributed by atoms with van der Waals surface area (Å²) in [6, 6.07) is 18.0. The Morgan fingerprint density at radius 1 is 1.13 bits per heavy atom. The molecule has 0 aromatic heterocycles. The van der Waals surface area contributed by atoms with Gasteiger partial charge in [-0.25, -0.2) is 0 Å². The molecular weight excluding hydrogens is 535 g/mol. The fourth-order valence-electron chi connectivity index (χ4n) is 5.86. The van der Waals surface area contributed by atoms with E-state index in [-0.39, 0.29) is 12.6 Å². The van der Waals surface area contributed by atoms with Gasteiger partial charge in [0.05, 0.1) is 11.6 Å². The Morgan fingerprint density at radius 2 is 1.97 bits per heavy atom. The number of hydrogen-bond donors (Lipinski definition) is 0. The van der Waals surface area contributed by atoms with Crippen LogP contribution < -0.4 is 4.90 Å². The van der Waals surface area contributed by atoms with Gasteiger partial charge in [0.1, 0.15) is 9.23 Å². The quantitative estimate of drug-likeness (QED) is 0.171. The first-order chi connectivity index (χ1) is 18.6. The highest BCUT2D eigenvalue weighted by Crippen LogP contribution is 2.53. The molecule has 4 aliphatic rings. The Kier molecular flexibility index (Phi) is 7.07. The molecule has 0 spiro atoms. The molecule has 3 heterocycles. The molecule has 1 saturated carbocycles. The summed E-state index contributed by atoms with van der Waals surface area (Å²) in [5.41, 5.74) is 5.12. The second kappa shape index (κ2) is 10.6. The summed E-state index contributed by atoms with van der Waals surface area (Å²) in [5, 5.41) is 0.772. The maximum absolute atomic E-state index is 13.1. The van der Waals surface area contributed by atoms with Crippen molar-refractivity contribution >= 4 is 69.9 Å². The number of amides is 1. The molecular formula is C29H27N3O3S3. The van der Waals surface area contributed by atoms with Crippen molar-refractivity contribution in [3.63, 3.8) is 0 Å². The van der Waals surface area contributed by atoms with Crippen LogP contribution in [0.2, 0.25) is 0 Å². The molecule has 6 rings (SSSR count). The lowest BCUT2D eigenvalue weighted by molar-refractivity contribution is -0.131. The molecule has 2 atom stereocenters. The van der Waals surface area contributed by atoms with Gasteiger partial charge in [-0.1, -0.05) is 72.5 Å². The molecule has 3 fully saturated rings. The molecule has 194 valence electrons. The molecule has 0 radical (unpaired) electrons. The van der Waals surface area contributed by atoms with Crippen LogP contribution in [-0.4, -0.2) is 52.4 Å². The fraction of sp³-hybridized carbons (Fsp3) is 0.276. The number of anilines is 2. The summed E-state index contributed by atoms with van der Waals surface area (Å²) in [7, 11) is 0. The maximum Gasteiger partial charge on any atom is 0.294 e. The van der Waals surface area contributed by atoms with Crippen LogP contribution in [0.5, 0.6) is 0 Å². The van der Waals surface area contributed by atoms with Crippen LogP contribution in [0.1, 0.15) is 36.3 Å². The predicted octanol–water partition coefficient (Wildman–Crippen LogP) is 6.21. The standard InChI is InChI=1S/C29H27N3O3S3/c1-2-13-31-27(34)26(38-29(31)36)28-30(17-35-18-33)16-21(37-28)14-19-11-12-25-23(15-19)22-9-6-10-24(22)32(25)20-7-4-3-5-8-20/h2-5,7-8,11-12,14-15,18,22,24H,1,6,9-10,13,16-17H2/b21-14+,28-26+. The smallest absolute Gasteiger partial charge is 0.294 e. The molecule has 2 saturated heterocycles. The van der Waals surface area contributed by atoms with Crippen LogP contribution >= 0.6 is 35.7 Å². The van der Waals surface area contributed by atoms with Gasteiger partial charge in [0, 0.05) is 34.8 Å². The molecule has 2 aromatic carbocycles. The number of ether oxygens (including phenoxy) is 1. The molecule has 2 aromatic rings. The van der Waals surface area contributed by atoms with E-state index in [2.05, 4.69) is 66.1 Å². The molecule has 6 nitrogen and oxygen atoms in total. The van der Waals surface area contributed by atoms with Crippen LogP contribution in [-0.2, 0) is 14.3 Å². The Labute approximate surface area is 236 Å². The topological polar surface area (TPSA) is 53.1 Å². The third kappa shape index (κ3) is 4.46. The Balaban J connectivity index is 1.31. The van der Waals surface area contributed by atoms with Gasteiger partial charge in [-0.2, -0.15) is 0 Å². The van der Waals surface area contributed by atoms with Gasteiger partial charge in [-0.05, 0) is 54.3 Å². The van der Waals surface area contributed by atoms with Crippen molar-refractivity contribution in [1.29, 1.82) is 0 Å². The minimum absolute atomic E-state index is 0.0781. The first-order valence-corrected chi connectivity index (χ1v) is 14.7. The van der Waals surface area contributed by atoms with E-state index in [9.17, 15) is 9.59 Å². The highest BCUT2D eigenvalue weighted by Gasteiger charge is 2.42. The zero-order valence-electron chi connectivity index (χ0n) is 20.7. The number of rotatable bonds is 7. The number of hydrogen-bond acceptors (Lipinski definition) is 8. The van der Waals surface area contributed by atoms with E-state index in [4.69, 9.17) is 17.0 Å². The number of carbonyl (C=O) groups is 2. The van der Waals surface area contributed by atoms with Crippen LogP contribution in [0.4, 0.5) is 11.4 Å². The SMILES string of the molecule is C=CCN1C(=O)/C(=C2\S/C(=C/c3ccc4c(c3)C3CCCC3N4c3ccccc3)CN2COC=O)SC1=S. The van der Waals surface area contributed by atoms with Gasteiger partial charge >= 0.3 is 0 Å². The second-order valence-corrected chi connectivity index (χ2v) is 12.4. The van der Waals surface area contributed by atoms with Crippen molar-refractivity contribution in [3.8, 4) is 0 Å². The van der Waals surface area contributed by atoms with E-state index >= 15 is 0 Å². The number of nitrogens with zero attached hydrogens (tertiary/aromatic N) is 3. The van der Waals surface area contributed by atoms with Crippen LogP contribution in [0.3, 0.4) is 0 Å². The van der Waals surface area contributed by atoms with Gasteiger partial charge < -0.3 is 14.5 Å². The Bertz CT molecular complexity index is 1370. The van der Waals surface area contributed by atoms with Crippen molar-refractivity contribution < 1.29 is 14.3 Å². The van der Waals surface area contributed by atoms with E-state index in [1.54, 1.807) is 22.7 Å². The van der Waals surface area contributed by atoms with Crippen LogP contribution in [0.25, 0.3) is 6.08 Å². The number of fused-ring (bicyclic) bond motifs is 3. The minimum atomic E-state index is -0.134. The zero-order valence-corrected chi connectivity index (χ0v) is 23.2. The van der Waals surface area contributed by atoms with Gasteiger partial charge in [-0.3, -0.25) is 14.5 Å². The summed E-state index contributed by atoms with van der Waals surface area (Å²) in [6.45, 7) is 5.17.